The standard InChI is InChI=1S/C14H20SeTe/c1-2-3-11-16-13-9-10-15-14(13)12-7-5-4-6-8-12/h7,9-10H,2-6,8,11H2,1H3. The average Bonchev–Trinajstić information content (AvgIpc) is 2.79. The van der Waals surface area contributed by atoms with Gasteiger partial charge in [0.1, 0.15) is 0 Å². The second-order valence-corrected chi connectivity index (χ2v) is 9.46. The summed E-state index contributed by atoms with van der Waals surface area (Å²) >= 11 is 0.809. The van der Waals surface area contributed by atoms with E-state index in [-0.39, 0.29) is 20.9 Å². The summed E-state index contributed by atoms with van der Waals surface area (Å²) in [5.41, 5.74) is 1.73. The van der Waals surface area contributed by atoms with Gasteiger partial charge in [-0.15, -0.1) is 0 Å². The van der Waals surface area contributed by atoms with E-state index in [4.69, 9.17) is 0 Å². The Balaban J connectivity index is 2.03. The van der Waals surface area contributed by atoms with E-state index in [1.54, 1.807) is 13.6 Å². The van der Waals surface area contributed by atoms with Crippen LogP contribution in [0, 0.1) is 0 Å². The van der Waals surface area contributed by atoms with Crippen LogP contribution in [-0.4, -0.2) is 35.4 Å². The van der Waals surface area contributed by atoms with Crippen LogP contribution in [0.5, 0.6) is 0 Å². The molecule has 88 valence electrons. The van der Waals surface area contributed by atoms with Crippen molar-refractivity contribution >= 4 is 44.6 Å². The molecule has 1 heterocycles. The number of unbranched alkanes of at least 4 members (excludes halogenated alkanes) is 1. The summed E-state index contributed by atoms with van der Waals surface area (Å²) in [7, 11) is 0. The van der Waals surface area contributed by atoms with Crippen molar-refractivity contribution < 1.29 is 0 Å². The van der Waals surface area contributed by atoms with Crippen LogP contribution in [0.15, 0.2) is 17.1 Å². The van der Waals surface area contributed by atoms with Crippen LogP contribution in [0.1, 0.15) is 49.9 Å². The van der Waals surface area contributed by atoms with Gasteiger partial charge in [-0.25, -0.2) is 0 Å². The minimum atomic E-state index is 0.133. The van der Waals surface area contributed by atoms with Crippen molar-refractivity contribution in [2.45, 2.75) is 49.9 Å². The Morgan fingerprint density at radius 1 is 1.38 bits per heavy atom. The van der Waals surface area contributed by atoms with Crippen LogP contribution < -0.4 is 3.61 Å². The molecule has 1 aromatic rings. The summed E-state index contributed by atoms with van der Waals surface area (Å²) < 4.78 is 5.10. The van der Waals surface area contributed by atoms with Crippen LogP contribution in [0.4, 0.5) is 0 Å². The van der Waals surface area contributed by atoms with E-state index in [9.17, 15) is 0 Å². The summed E-state index contributed by atoms with van der Waals surface area (Å²) in [4.78, 5) is 2.45. The van der Waals surface area contributed by atoms with Crippen LogP contribution in [-0.2, 0) is 0 Å². The van der Waals surface area contributed by atoms with Crippen molar-refractivity contribution in [3.8, 4) is 0 Å². The molecule has 0 bridgehead atoms. The Kier molecular flexibility index (Phi) is 5.73. The van der Waals surface area contributed by atoms with Crippen molar-refractivity contribution in [1.82, 2.24) is 0 Å². The number of hydrogen-bond acceptors (Lipinski definition) is 0. The van der Waals surface area contributed by atoms with Gasteiger partial charge in [0, 0.05) is 0 Å². The molecule has 1 aliphatic rings. The van der Waals surface area contributed by atoms with Crippen LogP contribution in [0.2, 0.25) is 4.47 Å². The monoisotopic (exact) mass is 398 g/mol. The molecule has 16 heavy (non-hydrogen) atoms. The topological polar surface area (TPSA) is 0 Å². The summed E-state index contributed by atoms with van der Waals surface area (Å²) in [6.07, 6.45) is 10.9. The van der Waals surface area contributed by atoms with Crippen molar-refractivity contribution in [3.05, 3.63) is 21.5 Å². The fraction of sp³-hybridized carbons (Fsp3) is 0.571. The molecule has 0 spiro atoms. The van der Waals surface area contributed by atoms with Crippen molar-refractivity contribution in [1.29, 1.82) is 0 Å². The van der Waals surface area contributed by atoms with Gasteiger partial charge in [0.2, 0.25) is 0 Å². The summed E-state index contributed by atoms with van der Waals surface area (Å²) in [5.74, 6) is 0. The normalized spacial score (nSPS) is 16.2. The molecule has 0 saturated heterocycles. The van der Waals surface area contributed by atoms with Crippen LogP contribution >= 0.6 is 0 Å². The summed E-state index contributed by atoms with van der Waals surface area (Å²) in [6.45, 7) is 2.31. The molecule has 0 aliphatic heterocycles. The molecule has 0 atom stereocenters. The number of rotatable bonds is 5. The zero-order valence-electron chi connectivity index (χ0n) is 10.00. The van der Waals surface area contributed by atoms with Gasteiger partial charge in [-0.05, 0) is 0 Å². The number of hydrogen-bond donors (Lipinski definition) is 0. The molecule has 0 saturated carbocycles. The molecule has 0 nitrogen and oxygen atoms in total. The van der Waals surface area contributed by atoms with Crippen molar-refractivity contribution in [3.63, 3.8) is 0 Å². The molecule has 2 heteroatoms. The van der Waals surface area contributed by atoms with Gasteiger partial charge >= 0.3 is 116 Å². The molecule has 0 amide bonds. The van der Waals surface area contributed by atoms with Gasteiger partial charge in [-0.1, -0.05) is 0 Å². The van der Waals surface area contributed by atoms with E-state index in [1.807, 2.05) is 0 Å². The quantitative estimate of drug-likeness (QED) is 0.531. The predicted octanol–water partition coefficient (Wildman–Crippen LogP) is 3.25. The molecule has 0 radical (unpaired) electrons. The van der Waals surface area contributed by atoms with E-state index in [2.05, 4.69) is 24.0 Å². The molecule has 0 unspecified atom stereocenters. The van der Waals surface area contributed by atoms with E-state index >= 15 is 0 Å². The first-order valence-electron chi connectivity index (χ1n) is 6.31. The van der Waals surface area contributed by atoms with Gasteiger partial charge in [0.15, 0.2) is 0 Å². The van der Waals surface area contributed by atoms with Gasteiger partial charge in [0.25, 0.3) is 0 Å². The third kappa shape index (κ3) is 3.51. The Morgan fingerprint density at radius 2 is 2.31 bits per heavy atom. The van der Waals surface area contributed by atoms with E-state index in [0.717, 1.165) is 0 Å². The Hall–Kier alpha value is 0.529. The van der Waals surface area contributed by atoms with Crippen molar-refractivity contribution in [2.75, 3.05) is 0 Å². The summed E-state index contributed by atoms with van der Waals surface area (Å²) in [5, 5.41) is 0. The zero-order chi connectivity index (χ0) is 11.2. The molecular formula is C14H20SeTe. The fourth-order valence-corrected chi connectivity index (χ4v) is 9.05. The van der Waals surface area contributed by atoms with Gasteiger partial charge in [-0.2, -0.15) is 0 Å². The molecule has 1 aromatic heterocycles. The Morgan fingerprint density at radius 3 is 3.06 bits per heavy atom. The van der Waals surface area contributed by atoms with E-state index in [1.165, 1.54) is 43.0 Å². The summed E-state index contributed by atoms with van der Waals surface area (Å²) in [6, 6.07) is 2.46. The van der Waals surface area contributed by atoms with Crippen molar-refractivity contribution in [2.24, 2.45) is 0 Å². The molecule has 0 aromatic carbocycles. The molecule has 1 aliphatic carbocycles. The zero-order valence-corrected chi connectivity index (χ0v) is 14.0. The maximum absolute atomic E-state index is 2.53. The average molecular weight is 395 g/mol. The molecule has 0 N–H and O–H groups in total. The second-order valence-electron chi connectivity index (χ2n) is 4.29. The van der Waals surface area contributed by atoms with Gasteiger partial charge in [-0.3, -0.25) is 0 Å². The third-order valence-electron chi connectivity index (χ3n) is 2.97. The minimum absolute atomic E-state index is 0.133. The SMILES string of the molecule is CCCC[Te]c1cc[se]c1C1=CCCCC1. The maximum atomic E-state index is 2.53. The first kappa shape index (κ1) is 13.0. The number of allylic oxidation sites excluding steroid dienone is 2. The predicted molar refractivity (Wildman–Crippen MR) is 74.9 cm³/mol. The molecular weight excluding hydrogens is 375 g/mol. The third-order valence-corrected chi connectivity index (χ3v) is 9.21. The van der Waals surface area contributed by atoms with E-state index < -0.39 is 0 Å². The van der Waals surface area contributed by atoms with Gasteiger partial charge in [0.05, 0.1) is 0 Å². The molecule has 0 fully saturated rings. The van der Waals surface area contributed by atoms with E-state index in [0.29, 0.717) is 14.5 Å². The van der Waals surface area contributed by atoms with Gasteiger partial charge < -0.3 is 0 Å². The van der Waals surface area contributed by atoms with Crippen LogP contribution in [0.25, 0.3) is 5.57 Å². The fourth-order valence-electron chi connectivity index (χ4n) is 2.02. The first-order valence-corrected chi connectivity index (χ1v) is 11.0. The first-order chi connectivity index (χ1) is 7.92. The Bertz CT molecular complexity index is 351. The Labute approximate surface area is 115 Å². The second kappa shape index (κ2) is 7.07. The molecule has 2 rings (SSSR count). The van der Waals surface area contributed by atoms with Crippen LogP contribution in [0.3, 0.4) is 0 Å².